The topological polar surface area (TPSA) is 29.5 Å². The molecule has 1 heterocycles. The van der Waals surface area contributed by atoms with E-state index in [1.54, 1.807) is 19.1 Å². The summed E-state index contributed by atoms with van der Waals surface area (Å²) in [6.07, 6.45) is 0.540. The lowest BCUT2D eigenvalue weighted by molar-refractivity contribution is -0.113. The average Bonchev–Trinajstić information content (AvgIpc) is 2.46. The number of allylic oxidation sites excluding steroid dienone is 2. The van der Waals surface area contributed by atoms with Crippen molar-refractivity contribution in [2.24, 2.45) is 0 Å². The third kappa shape index (κ3) is 4.83. The van der Waals surface area contributed by atoms with E-state index in [1.165, 1.54) is 12.1 Å². The maximum Gasteiger partial charge on any atom is 0.157 e. The highest BCUT2D eigenvalue weighted by Crippen LogP contribution is 2.18. The zero-order chi connectivity index (χ0) is 14.5. The summed E-state index contributed by atoms with van der Waals surface area (Å²) in [4.78, 5) is 14.1. The number of morpholine rings is 1. The molecule has 1 aromatic carbocycles. The molecule has 1 aliphatic rings. The van der Waals surface area contributed by atoms with Gasteiger partial charge in [-0.05, 0) is 31.5 Å². The Morgan fingerprint density at radius 1 is 1.19 bits per heavy atom. The summed E-state index contributed by atoms with van der Waals surface area (Å²) in [5, 5.41) is 0. The van der Waals surface area contributed by atoms with Gasteiger partial charge in [-0.15, -0.1) is 12.4 Å². The molecule has 0 radical (unpaired) electrons. The molecule has 0 aromatic heterocycles. The van der Waals surface area contributed by atoms with Crippen molar-refractivity contribution in [2.75, 3.05) is 26.3 Å². The Bertz CT molecular complexity index is 508. The van der Waals surface area contributed by atoms with Crippen LogP contribution in [0.1, 0.15) is 19.4 Å². The molecule has 1 saturated heterocycles. The summed E-state index contributed by atoms with van der Waals surface area (Å²) < 4.78 is 18.3. The first-order valence-corrected chi connectivity index (χ1v) is 6.85. The van der Waals surface area contributed by atoms with Gasteiger partial charge in [0.1, 0.15) is 5.82 Å². The molecular weight excluding hydrogens is 293 g/mol. The second-order valence-corrected chi connectivity index (χ2v) is 5.02. The summed E-state index contributed by atoms with van der Waals surface area (Å²) in [6.45, 7) is 6.57. The molecule has 1 aliphatic heterocycles. The molecule has 0 aliphatic carbocycles. The Morgan fingerprint density at radius 2 is 1.76 bits per heavy atom. The number of hydrogen-bond acceptors (Lipinski definition) is 3. The summed E-state index contributed by atoms with van der Waals surface area (Å²) in [6, 6.07) is 6.31. The summed E-state index contributed by atoms with van der Waals surface area (Å²) in [5.41, 5.74) is 2.74. The summed E-state index contributed by atoms with van der Waals surface area (Å²) >= 11 is 0. The molecule has 1 fully saturated rings. The number of hydrogen-bond donors (Lipinski definition) is 0. The first-order valence-electron chi connectivity index (χ1n) is 6.85. The maximum atomic E-state index is 12.9. The molecule has 5 heteroatoms. The van der Waals surface area contributed by atoms with Gasteiger partial charge < -0.3 is 9.64 Å². The average molecular weight is 314 g/mol. The van der Waals surface area contributed by atoms with Gasteiger partial charge >= 0.3 is 0 Å². The number of Topliss-reactive ketones (excluding diaryl/α,β-unsaturated/α-hetero) is 1. The minimum absolute atomic E-state index is 0. The van der Waals surface area contributed by atoms with Crippen molar-refractivity contribution in [2.45, 2.75) is 20.3 Å². The van der Waals surface area contributed by atoms with Gasteiger partial charge in [0.2, 0.25) is 0 Å². The zero-order valence-electron chi connectivity index (χ0n) is 12.4. The molecule has 0 unspecified atom stereocenters. The number of ether oxygens (including phenoxy) is 1. The van der Waals surface area contributed by atoms with E-state index >= 15 is 0 Å². The Labute approximate surface area is 131 Å². The van der Waals surface area contributed by atoms with Gasteiger partial charge in [-0.2, -0.15) is 0 Å². The summed E-state index contributed by atoms with van der Waals surface area (Å²) in [5.74, 6) is -0.190. The molecule has 21 heavy (non-hydrogen) atoms. The van der Waals surface area contributed by atoms with Gasteiger partial charge in [0.15, 0.2) is 5.78 Å². The highest BCUT2D eigenvalue weighted by molar-refractivity contribution is 5.94. The molecule has 2 rings (SSSR count). The van der Waals surface area contributed by atoms with Crippen LogP contribution < -0.4 is 0 Å². The SMILES string of the molecule is CC(=O)/C(Cc1ccc(F)cc1)=C(/C)N1CCOCC1.Cl. The Hall–Kier alpha value is -1.39. The fourth-order valence-corrected chi connectivity index (χ4v) is 2.40. The van der Waals surface area contributed by atoms with Gasteiger partial charge in [0.25, 0.3) is 0 Å². The van der Waals surface area contributed by atoms with E-state index in [0.717, 1.165) is 29.9 Å². The molecule has 1 aromatic rings. The van der Waals surface area contributed by atoms with Crippen molar-refractivity contribution >= 4 is 18.2 Å². The third-order valence-electron chi connectivity index (χ3n) is 3.64. The van der Waals surface area contributed by atoms with Crippen molar-refractivity contribution < 1.29 is 13.9 Å². The van der Waals surface area contributed by atoms with Crippen LogP contribution in [0.15, 0.2) is 35.5 Å². The highest BCUT2D eigenvalue weighted by Gasteiger charge is 2.17. The molecule has 0 bridgehead atoms. The zero-order valence-corrected chi connectivity index (χ0v) is 13.2. The van der Waals surface area contributed by atoms with Crippen molar-refractivity contribution in [1.82, 2.24) is 4.90 Å². The Kier molecular flexibility index (Phi) is 6.85. The Morgan fingerprint density at radius 3 is 2.29 bits per heavy atom. The lowest BCUT2D eigenvalue weighted by atomic mass is 10.00. The molecule has 116 valence electrons. The van der Waals surface area contributed by atoms with Gasteiger partial charge in [0.05, 0.1) is 13.2 Å². The van der Waals surface area contributed by atoms with E-state index in [0.29, 0.717) is 19.6 Å². The van der Waals surface area contributed by atoms with E-state index in [9.17, 15) is 9.18 Å². The van der Waals surface area contributed by atoms with E-state index < -0.39 is 0 Å². The second-order valence-electron chi connectivity index (χ2n) is 5.02. The van der Waals surface area contributed by atoms with Crippen molar-refractivity contribution in [3.63, 3.8) is 0 Å². The smallest absolute Gasteiger partial charge is 0.157 e. The van der Waals surface area contributed by atoms with Crippen LogP contribution in [0.4, 0.5) is 4.39 Å². The van der Waals surface area contributed by atoms with Gasteiger partial charge in [-0.3, -0.25) is 4.79 Å². The largest absolute Gasteiger partial charge is 0.378 e. The Balaban J connectivity index is 0.00000220. The maximum absolute atomic E-state index is 12.9. The van der Waals surface area contributed by atoms with Crippen molar-refractivity contribution in [3.8, 4) is 0 Å². The van der Waals surface area contributed by atoms with Crippen LogP contribution >= 0.6 is 12.4 Å². The number of nitrogens with zero attached hydrogens (tertiary/aromatic N) is 1. The predicted molar refractivity (Wildman–Crippen MR) is 83.1 cm³/mol. The normalized spacial score (nSPS) is 16.0. The number of benzene rings is 1. The van der Waals surface area contributed by atoms with Gasteiger partial charge in [0, 0.05) is 30.8 Å². The molecule has 0 amide bonds. The highest BCUT2D eigenvalue weighted by atomic mass is 35.5. The number of carbonyl (C=O) groups excluding carboxylic acids is 1. The molecule has 0 N–H and O–H groups in total. The first-order chi connectivity index (χ1) is 9.58. The van der Waals surface area contributed by atoms with Crippen molar-refractivity contribution in [1.29, 1.82) is 0 Å². The second kappa shape index (κ2) is 8.15. The van der Waals surface area contributed by atoms with Gasteiger partial charge in [-0.1, -0.05) is 12.1 Å². The lowest BCUT2D eigenvalue weighted by Crippen LogP contribution is -2.36. The predicted octanol–water partition coefficient (Wildman–Crippen LogP) is 2.99. The molecule has 3 nitrogen and oxygen atoms in total. The number of rotatable bonds is 4. The van der Waals surface area contributed by atoms with Crippen LogP contribution in [0.25, 0.3) is 0 Å². The fourth-order valence-electron chi connectivity index (χ4n) is 2.40. The van der Waals surface area contributed by atoms with Crippen LogP contribution in [0.5, 0.6) is 0 Å². The van der Waals surface area contributed by atoms with Crippen LogP contribution in [0, 0.1) is 5.82 Å². The molecule has 0 saturated carbocycles. The van der Waals surface area contributed by atoms with Crippen LogP contribution in [0.2, 0.25) is 0 Å². The minimum Gasteiger partial charge on any atom is -0.378 e. The van der Waals surface area contributed by atoms with Crippen LogP contribution in [0.3, 0.4) is 0 Å². The molecular formula is C16H21ClFNO2. The number of ketones is 1. The third-order valence-corrected chi connectivity index (χ3v) is 3.64. The standard InChI is InChI=1S/C16H20FNO2.ClH/c1-12(18-7-9-20-10-8-18)16(13(2)19)11-14-3-5-15(17)6-4-14;/h3-6H,7-11H2,1-2H3;1H/b16-12-;. The first kappa shape index (κ1) is 17.7. The lowest BCUT2D eigenvalue weighted by Gasteiger charge is -2.31. The minimum atomic E-state index is -0.257. The van der Waals surface area contributed by atoms with Crippen LogP contribution in [-0.2, 0) is 16.0 Å². The summed E-state index contributed by atoms with van der Waals surface area (Å²) in [7, 11) is 0. The monoisotopic (exact) mass is 313 g/mol. The van der Waals surface area contributed by atoms with E-state index in [1.807, 2.05) is 6.92 Å². The van der Waals surface area contributed by atoms with E-state index in [4.69, 9.17) is 4.74 Å². The molecule has 0 atom stereocenters. The van der Waals surface area contributed by atoms with E-state index in [-0.39, 0.29) is 24.0 Å². The fraction of sp³-hybridized carbons (Fsp3) is 0.438. The number of carbonyl (C=O) groups is 1. The number of halogens is 2. The van der Waals surface area contributed by atoms with E-state index in [2.05, 4.69) is 4.90 Å². The van der Waals surface area contributed by atoms with Crippen LogP contribution in [-0.4, -0.2) is 37.0 Å². The van der Waals surface area contributed by atoms with Crippen molar-refractivity contribution in [3.05, 3.63) is 46.9 Å². The molecule has 0 spiro atoms. The van der Waals surface area contributed by atoms with Gasteiger partial charge in [-0.25, -0.2) is 4.39 Å². The quantitative estimate of drug-likeness (QED) is 0.800.